The third-order valence-electron chi connectivity index (χ3n) is 6.01. The minimum atomic E-state index is -0.481. The summed E-state index contributed by atoms with van der Waals surface area (Å²) in [6, 6.07) is 3.48. The highest BCUT2D eigenvalue weighted by atomic mass is 16.6. The highest BCUT2D eigenvalue weighted by molar-refractivity contribution is 5.72. The highest BCUT2D eigenvalue weighted by Gasteiger charge is 2.36. The predicted molar refractivity (Wildman–Crippen MR) is 130 cm³/mol. The van der Waals surface area contributed by atoms with Crippen molar-refractivity contribution in [3.8, 4) is 5.88 Å². The first-order valence-corrected chi connectivity index (χ1v) is 11.8. The van der Waals surface area contributed by atoms with Gasteiger partial charge in [0, 0.05) is 19.2 Å². The summed E-state index contributed by atoms with van der Waals surface area (Å²) in [7, 11) is 1.53. The molecule has 0 unspecified atom stereocenters. The fraction of sp³-hybridized carbons (Fsp3) is 0.360. The van der Waals surface area contributed by atoms with Gasteiger partial charge in [-0.1, -0.05) is 18.2 Å². The zero-order chi connectivity index (χ0) is 24.9. The van der Waals surface area contributed by atoms with Gasteiger partial charge in [-0.3, -0.25) is 9.36 Å². The number of allylic oxidation sites excluding steroid dienone is 4. The maximum Gasteiger partial charge on any atom is 0.417 e. The topological polar surface area (TPSA) is 117 Å². The maximum absolute atomic E-state index is 12.4. The number of carbonyl (C=O) groups is 1. The molecular formula is C25H27N5O6. The summed E-state index contributed by atoms with van der Waals surface area (Å²) in [4.78, 5) is 34.7. The molecule has 0 spiro atoms. The molecule has 0 radical (unpaired) electrons. The van der Waals surface area contributed by atoms with Crippen molar-refractivity contribution in [1.29, 1.82) is 0 Å². The van der Waals surface area contributed by atoms with Crippen LogP contribution in [-0.4, -0.2) is 58.4 Å². The summed E-state index contributed by atoms with van der Waals surface area (Å²) in [6.07, 6.45) is 11.9. The summed E-state index contributed by atoms with van der Waals surface area (Å²) in [5, 5.41) is 3.29. The molecule has 1 saturated heterocycles. The zero-order valence-corrected chi connectivity index (χ0v) is 19.9. The minimum Gasteiger partial charge on any atom is -0.481 e. The Morgan fingerprint density at radius 3 is 3.00 bits per heavy atom. The van der Waals surface area contributed by atoms with Gasteiger partial charge in [0.15, 0.2) is 17.7 Å². The van der Waals surface area contributed by atoms with Crippen molar-refractivity contribution in [2.75, 3.05) is 26.7 Å². The van der Waals surface area contributed by atoms with Crippen molar-refractivity contribution in [2.45, 2.75) is 31.9 Å². The van der Waals surface area contributed by atoms with E-state index < -0.39 is 6.09 Å². The van der Waals surface area contributed by atoms with Crippen molar-refractivity contribution in [3.63, 3.8) is 0 Å². The van der Waals surface area contributed by atoms with E-state index >= 15 is 0 Å². The normalized spacial score (nSPS) is 19.2. The van der Waals surface area contributed by atoms with Gasteiger partial charge in [0.2, 0.25) is 11.8 Å². The van der Waals surface area contributed by atoms with E-state index in [-0.39, 0.29) is 11.7 Å². The summed E-state index contributed by atoms with van der Waals surface area (Å²) >= 11 is 0. The average molecular weight is 494 g/mol. The van der Waals surface area contributed by atoms with E-state index in [1.165, 1.54) is 30.7 Å². The van der Waals surface area contributed by atoms with Crippen LogP contribution in [0.2, 0.25) is 0 Å². The Morgan fingerprint density at radius 1 is 1.25 bits per heavy atom. The van der Waals surface area contributed by atoms with E-state index in [2.05, 4.69) is 21.4 Å². The fourth-order valence-electron chi connectivity index (χ4n) is 4.17. The second-order valence-corrected chi connectivity index (χ2v) is 8.45. The Hall–Kier alpha value is -4.12. The molecule has 1 aliphatic carbocycles. The van der Waals surface area contributed by atoms with Crippen LogP contribution in [0.1, 0.15) is 19.3 Å². The molecule has 0 saturated carbocycles. The number of pyridine rings is 1. The van der Waals surface area contributed by atoms with Gasteiger partial charge in [0.25, 0.3) is 5.56 Å². The number of amides is 1. The highest BCUT2D eigenvalue weighted by Crippen LogP contribution is 2.29. The standard InChI is InChI=1S/C25H27N5O6/c1-33-21-9-8-19-24(28-21)29(22(31)13-27-19)11-5-10-26-12-18-14-30(25(32)35-18)23-16-34-15-20(36-23)17-6-3-2-4-7-17/h2-3,6,8-9,13,15-16,18,26H,4-5,7,10-12,14H2,1H3/t18-/m1/s1. The zero-order valence-electron chi connectivity index (χ0n) is 19.9. The Labute approximate surface area is 207 Å². The number of hydrogen-bond acceptors (Lipinski definition) is 9. The van der Waals surface area contributed by atoms with Gasteiger partial charge in [0.1, 0.15) is 17.9 Å². The van der Waals surface area contributed by atoms with Crippen LogP contribution in [-0.2, 0) is 20.8 Å². The molecule has 4 heterocycles. The average Bonchev–Trinajstić information content (AvgIpc) is 3.30. The Kier molecular flexibility index (Phi) is 6.99. The molecule has 2 aliphatic heterocycles. The van der Waals surface area contributed by atoms with E-state index in [9.17, 15) is 9.59 Å². The molecule has 1 N–H and O–H groups in total. The van der Waals surface area contributed by atoms with Gasteiger partial charge in [0.05, 0.1) is 19.9 Å². The van der Waals surface area contributed by atoms with E-state index in [4.69, 9.17) is 18.9 Å². The first-order valence-electron chi connectivity index (χ1n) is 11.8. The lowest BCUT2D eigenvalue weighted by molar-refractivity contribution is 0.118. The molecule has 188 valence electrons. The smallest absolute Gasteiger partial charge is 0.417 e. The number of methoxy groups -OCH3 is 1. The monoisotopic (exact) mass is 493 g/mol. The van der Waals surface area contributed by atoms with Crippen LogP contribution in [0.15, 0.2) is 71.1 Å². The molecule has 2 aromatic heterocycles. The van der Waals surface area contributed by atoms with E-state index in [0.717, 1.165) is 18.4 Å². The molecule has 36 heavy (non-hydrogen) atoms. The van der Waals surface area contributed by atoms with Crippen molar-refractivity contribution in [1.82, 2.24) is 24.8 Å². The molecule has 3 aliphatic rings. The molecule has 0 bridgehead atoms. The Bertz CT molecular complexity index is 1330. The molecule has 0 aromatic carbocycles. The SMILES string of the molecule is COc1ccc2ncc(=O)n(CCCNC[C@@H]3CN(C4=COC=C(C5=CC=CCC5)O4)C(=O)O3)c2n1. The van der Waals surface area contributed by atoms with Crippen molar-refractivity contribution < 1.29 is 23.7 Å². The number of cyclic esters (lactones) is 1. The van der Waals surface area contributed by atoms with Gasteiger partial charge in [-0.05, 0) is 37.4 Å². The second kappa shape index (κ2) is 10.6. The van der Waals surface area contributed by atoms with Crippen molar-refractivity contribution in [2.24, 2.45) is 0 Å². The van der Waals surface area contributed by atoms with Gasteiger partial charge in [-0.2, -0.15) is 4.98 Å². The van der Waals surface area contributed by atoms with Gasteiger partial charge in [-0.15, -0.1) is 0 Å². The van der Waals surface area contributed by atoms with E-state index in [1.54, 1.807) is 16.7 Å². The molecular weight excluding hydrogens is 466 g/mol. The number of ether oxygens (including phenoxy) is 4. The van der Waals surface area contributed by atoms with Crippen LogP contribution in [0.4, 0.5) is 4.79 Å². The summed E-state index contributed by atoms with van der Waals surface area (Å²) in [5.41, 5.74) is 1.90. The molecule has 5 rings (SSSR count). The number of aryl methyl sites for hydroxylation is 1. The number of aromatic nitrogens is 3. The summed E-state index contributed by atoms with van der Waals surface area (Å²) < 4.78 is 23.6. The molecule has 1 amide bonds. The van der Waals surface area contributed by atoms with E-state index in [0.29, 0.717) is 61.3 Å². The lowest BCUT2D eigenvalue weighted by Gasteiger charge is -2.23. The van der Waals surface area contributed by atoms with Crippen LogP contribution in [0.3, 0.4) is 0 Å². The summed E-state index contributed by atoms with van der Waals surface area (Å²) in [5.74, 6) is 1.33. The fourth-order valence-corrected chi connectivity index (χ4v) is 4.17. The number of nitrogens with zero attached hydrogens (tertiary/aromatic N) is 4. The predicted octanol–water partition coefficient (Wildman–Crippen LogP) is 2.56. The van der Waals surface area contributed by atoms with Gasteiger partial charge >= 0.3 is 6.09 Å². The number of fused-ring (bicyclic) bond motifs is 1. The first kappa shape index (κ1) is 23.6. The summed E-state index contributed by atoms with van der Waals surface area (Å²) in [6.45, 7) is 1.88. The van der Waals surface area contributed by atoms with Crippen LogP contribution in [0, 0.1) is 0 Å². The van der Waals surface area contributed by atoms with Crippen LogP contribution in [0.25, 0.3) is 11.2 Å². The van der Waals surface area contributed by atoms with E-state index in [1.807, 2.05) is 12.2 Å². The van der Waals surface area contributed by atoms with Gasteiger partial charge in [-0.25, -0.2) is 14.7 Å². The minimum absolute atomic E-state index is 0.222. The third-order valence-corrected chi connectivity index (χ3v) is 6.01. The third kappa shape index (κ3) is 5.10. The van der Waals surface area contributed by atoms with Crippen LogP contribution >= 0.6 is 0 Å². The first-order chi connectivity index (χ1) is 17.6. The van der Waals surface area contributed by atoms with Crippen LogP contribution < -0.4 is 15.6 Å². The molecule has 2 aromatic rings. The molecule has 11 nitrogen and oxygen atoms in total. The molecule has 11 heteroatoms. The van der Waals surface area contributed by atoms with Crippen molar-refractivity contribution in [3.05, 3.63) is 76.7 Å². The van der Waals surface area contributed by atoms with Gasteiger partial charge < -0.3 is 24.3 Å². The molecule has 1 fully saturated rings. The number of nitrogens with one attached hydrogen (secondary N) is 1. The Morgan fingerprint density at radius 2 is 2.17 bits per heavy atom. The quantitative estimate of drug-likeness (QED) is 0.526. The second-order valence-electron chi connectivity index (χ2n) is 8.45. The number of hydrogen-bond donors (Lipinski definition) is 1. The maximum atomic E-state index is 12.4. The number of carbonyl (C=O) groups excluding carboxylic acids is 1. The lowest BCUT2D eigenvalue weighted by atomic mass is 10.0. The molecule has 1 atom stereocenters. The Balaban J connectivity index is 1.11. The van der Waals surface area contributed by atoms with Crippen molar-refractivity contribution >= 4 is 17.3 Å². The lowest BCUT2D eigenvalue weighted by Crippen LogP contribution is -2.32. The van der Waals surface area contributed by atoms with Crippen LogP contribution in [0.5, 0.6) is 5.88 Å². The largest absolute Gasteiger partial charge is 0.481 e. The number of rotatable bonds is 9.